The Morgan fingerprint density at radius 3 is 2.10 bits per heavy atom. The highest BCUT2D eigenvalue weighted by Crippen LogP contribution is 2.14. The number of aromatic carboxylic acids is 1. The van der Waals surface area contributed by atoms with E-state index in [1.54, 1.807) is 54.6 Å². The number of ketones is 1. The predicted molar refractivity (Wildman–Crippen MR) is 114 cm³/mol. The lowest BCUT2D eigenvalue weighted by atomic mass is 10.1. The second-order valence-corrected chi connectivity index (χ2v) is 6.35. The molecule has 0 atom stereocenters. The number of benzene rings is 3. The molecular formula is C24H19NO5. The van der Waals surface area contributed by atoms with Gasteiger partial charge in [0.15, 0.2) is 12.4 Å². The van der Waals surface area contributed by atoms with Crippen LogP contribution in [0.2, 0.25) is 0 Å². The maximum Gasteiger partial charge on any atom is 0.335 e. The summed E-state index contributed by atoms with van der Waals surface area (Å²) in [5.41, 5.74) is 2.06. The molecule has 30 heavy (non-hydrogen) atoms. The molecule has 0 bridgehead atoms. The molecule has 1 amide bonds. The predicted octanol–water partition coefficient (Wildman–Crippen LogP) is 4.30. The maximum absolute atomic E-state index is 12.3. The highest BCUT2D eigenvalue weighted by Gasteiger charge is 2.06. The van der Waals surface area contributed by atoms with Gasteiger partial charge in [-0.15, -0.1) is 0 Å². The molecule has 2 N–H and O–H groups in total. The number of nitrogens with one attached hydrogen (secondary N) is 1. The molecule has 0 spiro atoms. The van der Waals surface area contributed by atoms with Crippen LogP contribution in [0.3, 0.4) is 0 Å². The second-order valence-electron chi connectivity index (χ2n) is 6.35. The first-order valence-corrected chi connectivity index (χ1v) is 9.15. The van der Waals surface area contributed by atoms with Gasteiger partial charge in [-0.3, -0.25) is 9.59 Å². The molecule has 6 nitrogen and oxygen atoms in total. The smallest absolute Gasteiger partial charge is 0.335 e. The minimum absolute atomic E-state index is 0.144. The van der Waals surface area contributed by atoms with Gasteiger partial charge in [0.2, 0.25) is 0 Å². The highest BCUT2D eigenvalue weighted by molar-refractivity contribution is 6.06. The van der Waals surface area contributed by atoms with Gasteiger partial charge < -0.3 is 15.2 Å². The van der Waals surface area contributed by atoms with Crippen molar-refractivity contribution in [1.29, 1.82) is 0 Å². The van der Waals surface area contributed by atoms with Gasteiger partial charge in [-0.1, -0.05) is 36.4 Å². The fourth-order valence-electron chi connectivity index (χ4n) is 2.59. The topological polar surface area (TPSA) is 92.7 Å². The van der Waals surface area contributed by atoms with Gasteiger partial charge in [0.25, 0.3) is 5.91 Å². The molecule has 0 saturated carbocycles. The molecule has 0 aromatic heterocycles. The third-order valence-electron chi connectivity index (χ3n) is 4.15. The molecule has 0 fully saturated rings. The Kier molecular flexibility index (Phi) is 6.74. The Balaban J connectivity index is 1.52. The van der Waals surface area contributed by atoms with Crippen molar-refractivity contribution in [2.75, 3.05) is 11.9 Å². The summed E-state index contributed by atoms with van der Waals surface area (Å²) >= 11 is 0. The molecule has 0 heterocycles. The lowest BCUT2D eigenvalue weighted by molar-refractivity contribution is -0.118. The number of amides is 1. The third-order valence-corrected chi connectivity index (χ3v) is 4.15. The number of carboxylic acids is 1. The summed E-state index contributed by atoms with van der Waals surface area (Å²) in [7, 11) is 0. The van der Waals surface area contributed by atoms with Crippen LogP contribution in [-0.4, -0.2) is 29.4 Å². The molecule has 3 aromatic rings. The van der Waals surface area contributed by atoms with E-state index < -0.39 is 5.97 Å². The summed E-state index contributed by atoms with van der Waals surface area (Å²) in [6, 6.07) is 21.8. The van der Waals surface area contributed by atoms with Crippen molar-refractivity contribution < 1.29 is 24.2 Å². The summed E-state index contributed by atoms with van der Waals surface area (Å²) < 4.78 is 5.45. The zero-order chi connectivity index (χ0) is 21.3. The van der Waals surface area contributed by atoms with Crippen LogP contribution in [-0.2, 0) is 4.79 Å². The van der Waals surface area contributed by atoms with Gasteiger partial charge in [0.1, 0.15) is 5.75 Å². The zero-order valence-corrected chi connectivity index (χ0v) is 15.9. The van der Waals surface area contributed by atoms with Crippen molar-refractivity contribution >= 4 is 29.4 Å². The zero-order valence-electron chi connectivity index (χ0n) is 15.9. The molecule has 150 valence electrons. The molecule has 3 aromatic carbocycles. The highest BCUT2D eigenvalue weighted by atomic mass is 16.5. The number of para-hydroxylation sites is 1. The fraction of sp³-hybridized carbons (Fsp3) is 0.0417. The van der Waals surface area contributed by atoms with E-state index >= 15 is 0 Å². The van der Waals surface area contributed by atoms with E-state index in [4.69, 9.17) is 9.84 Å². The van der Waals surface area contributed by atoms with Gasteiger partial charge in [-0.25, -0.2) is 4.79 Å². The van der Waals surface area contributed by atoms with Crippen molar-refractivity contribution in [2.45, 2.75) is 0 Å². The van der Waals surface area contributed by atoms with Crippen LogP contribution in [0.25, 0.3) is 6.08 Å². The van der Waals surface area contributed by atoms with E-state index in [9.17, 15) is 14.4 Å². The second kappa shape index (κ2) is 9.84. The summed E-state index contributed by atoms with van der Waals surface area (Å²) in [6.45, 7) is -0.144. The van der Waals surface area contributed by atoms with Crippen molar-refractivity contribution in [3.8, 4) is 5.75 Å². The molecule has 0 saturated heterocycles. The van der Waals surface area contributed by atoms with Gasteiger partial charge >= 0.3 is 5.97 Å². The average Bonchev–Trinajstić information content (AvgIpc) is 2.77. The van der Waals surface area contributed by atoms with Crippen molar-refractivity contribution in [3.05, 3.63) is 102 Å². The van der Waals surface area contributed by atoms with Crippen LogP contribution >= 0.6 is 0 Å². The molecule has 3 rings (SSSR count). The van der Waals surface area contributed by atoms with Gasteiger partial charge in [-0.2, -0.15) is 0 Å². The molecule has 0 radical (unpaired) electrons. The van der Waals surface area contributed by atoms with Crippen molar-refractivity contribution in [1.82, 2.24) is 0 Å². The Morgan fingerprint density at radius 1 is 0.833 bits per heavy atom. The number of ether oxygens (including phenoxy) is 1. The standard InChI is InChI=1S/C24H19NO5/c26-22(15-8-17-6-9-19(10-7-17)24(28)29)18-11-13-21(14-12-18)30-16-23(27)25-20-4-2-1-3-5-20/h1-15H,16H2,(H,25,27)(H,28,29)/b15-8+. The lowest BCUT2D eigenvalue weighted by Gasteiger charge is -2.07. The molecule has 0 aliphatic heterocycles. The third kappa shape index (κ3) is 5.90. The number of carboxylic acid groups (broad SMARTS) is 1. The minimum Gasteiger partial charge on any atom is -0.484 e. The van der Waals surface area contributed by atoms with Crippen molar-refractivity contribution in [3.63, 3.8) is 0 Å². The molecule has 6 heteroatoms. The number of hydrogen-bond acceptors (Lipinski definition) is 4. The van der Waals surface area contributed by atoms with Crippen LogP contribution in [0.5, 0.6) is 5.75 Å². The Hall–Kier alpha value is -4.19. The molecule has 0 unspecified atom stereocenters. The van der Waals surface area contributed by atoms with E-state index in [0.29, 0.717) is 17.0 Å². The number of hydrogen-bond donors (Lipinski definition) is 2. The maximum atomic E-state index is 12.3. The summed E-state index contributed by atoms with van der Waals surface area (Å²) in [5, 5.41) is 11.6. The minimum atomic E-state index is -0.999. The van der Waals surface area contributed by atoms with E-state index in [1.807, 2.05) is 18.2 Å². The Bertz CT molecular complexity index is 1060. The average molecular weight is 401 g/mol. The Morgan fingerprint density at radius 2 is 1.47 bits per heavy atom. The monoisotopic (exact) mass is 401 g/mol. The van der Waals surface area contributed by atoms with E-state index in [2.05, 4.69) is 5.32 Å². The van der Waals surface area contributed by atoms with E-state index in [1.165, 1.54) is 18.2 Å². The molecular weight excluding hydrogens is 382 g/mol. The van der Waals surface area contributed by atoms with Crippen LogP contribution < -0.4 is 10.1 Å². The number of anilines is 1. The number of rotatable bonds is 8. The first-order chi connectivity index (χ1) is 14.5. The summed E-state index contributed by atoms with van der Waals surface area (Å²) in [5.74, 6) is -1.01. The van der Waals surface area contributed by atoms with Gasteiger partial charge in [0, 0.05) is 11.3 Å². The fourth-order valence-corrected chi connectivity index (χ4v) is 2.59. The van der Waals surface area contributed by atoms with Crippen LogP contribution in [0.1, 0.15) is 26.3 Å². The van der Waals surface area contributed by atoms with Crippen molar-refractivity contribution in [2.24, 2.45) is 0 Å². The normalized spacial score (nSPS) is 10.5. The Labute approximate surface area is 173 Å². The first-order valence-electron chi connectivity index (χ1n) is 9.15. The quantitative estimate of drug-likeness (QED) is 0.434. The van der Waals surface area contributed by atoms with Crippen LogP contribution in [0.15, 0.2) is 84.9 Å². The van der Waals surface area contributed by atoms with Gasteiger partial charge in [0.05, 0.1) is 5.56 Å². The number of carbonyl (C=O) groups is 3. The largest absolute Gasteiger partial charge is 0.484 e. The van der Waals surface area contributed by atoms with Crippen LogP contribution in [0.4, 0.5) is 5.69 Å². The molecule has 0 aliphatic carbocycles. The lowest BCUT2D eigenvalue weighted by Crippen LogP contribution is -2.20. The number of carbonyl (C=O) groups excluding carboxylic acids is 2. The SMILES string of the molecule is O=C(COc1ccc(C(=O)/C=C/c2ccc(C(=O)O)cc2)cc1)Nc1ccccc1. The summed E-state index contributed by atoms with van der Waals surface area (Å²) in [4.78, 5) is 35.0. The van der Waals surface area contributed by atoms with E-state index in [-0.39, 0.29) is 23.9 Å². The van der Waals surface area contributed by atoms with Crippen LogP contribution in [0, 0.1) is 0 Å². The first kappa shape index (κ1) is 20.5. The summed E-state index contributed by atoms with van der Waals surface area (Å²) in [6.07, 6.45) is 3.03. The number of allylic oxidation sites excluding steroid dienone is 1. The van der Waals surface area contributed by atoms with Gasteiger partial charge in [-0.05, 0) is 60.2 Å². The molecule has 0 aliphatic rings. The van der Waals surface area contributed by atoms with E-state index in [0.717, 1.165) is 5.56 Å².